The lowest BCUT2D eigenvalue weighted by Gasteiger charge is -2.25. The number of aromatic amines is 1. The summed E-state index contributed by atoms with van der Waals surface area (Å²) in [6, 6.07) is 10.1. The Kier molecular flexibility index (Phi) is 5.80. The Morgan fingerprint density at radius 2 is 2.03 bits per heavy atom. The van der Waals surface area contributed by atoms with Crippen molar-refractivity contribution < 1.29 is 9.53 Å². The molecule has 3 aromatic rings. The number of ether oxygens (including phenoxy) is 1. The lowest BCUT2D eigenvalue weighted by molar-refractivity contribution is 0.0497. The largest absolute Gasteiger partial charge is 0.376 e. The van der Waals surface area contributed by atoms with Crippen LogP contribution in [0, 0.1) is 0 Å². The minimum Gasteiger partial charge on any atom is -0.376 e. The molecule has 1 atom stereocenters. The molecule has 7 nitrogen and oxygen atoms in total. The first-order valence-electron chi connectivity index (χ1n) is 9.22. The van der Waals surface area contributed by atoms with Crippen molar-refractivity contribution in [3.8, 4) is 0 Å². The fourth-order valence-electron chi connectivity index (χ4n) is 3.36. The molecule has 1 aromatic carbocycles. The number of amides is 1. The van der Waals surface area contributed by atoms with Gasteiger partial charge in [-0.2, -0.15) is 0 Å². The van der Waals surface area contributed by atoms with Gasteiger partial charge in [0.2, 0.25) is 0 Å². The van der Waals surface area contributed by atoms with Gasteiger partial charge in [-0.3, -0.25) is 9.59 Å². The normalized spacial score (nSPS) is 16.3. The molecule has 1 aliphatic heterocycles. The number of para-hydroxylation sites is 1. The molecule has 0 aliphatic carbocycles. The maximum absolute atomic E-state index is 13.2. The van der Waals surface area contributed by atoms with Crippen LogP contribution in [0.25, 0.3) is 10.9 Å². The second-order valence-corrected chi connectivity index (χ2v) is 7.61. The molecular weight excluding hydrogens is 415 g/mol. The van der Waals surface area contributed by atoms with Crippen LogP contribution in [-0.4, -0.2) is 45.0 Å². The van der Waals surface area contributed by atoms with Crippen molar-refractivity contribution in [1.82, 2.24) is 19.9 Å². The number of rotatable bonds is 5. The summed E-state index contributed by atoms with van der Waals surface area (Å²) in [5.74, 6) is -0.0259. The monoisotopic (exact) mass is 432 g/mol. The Bertz CT molecular complexity index is 1110. The molecule has 0 radical (unpaired) electrons. The maximum atomic E-state index is 13.2. The zero-order valence-electron chi connectivity index (χ0n) is 15.4. The highest BCUT2D eigenvalue weighted by Crippen LogP contribution is 2.21. The molecule has 0 saturated carbocycles. The Morgan fingerprint density at radius 1 is 1.21 bits per heavy atom. The van der Waals surface area contributed by atoms with Gasteiger partial charge in [-0.15, -0.1) is 0 Å². The van der Waals surface area contributed by atoms with E-state index in [9.17, 15) is 9.59 Å². The van der Waals surface area contributed by atoms with E-state index in [0.29, 0.717) is 29.9 Å². The molecule has 1 fully saturated rings. The second kappa shape index (κ2) is 8.49. The Labute approximate surface area is 176 Å². The van der Waals surface area contributed by atoms with Gasteiger partial charge in [0.15, 0.2) is 0 Å². The third-order valence-corrected chi connectivity index (χ3v) is 5.27. The van der Waals surface area contributed by atoms with Gasteiger partial charge in [0.25, 0.3) is 11.5 Å². The van der Waals surface area contributed by atoms with Gasteiger partial charge in [-0.1, -0.05) is 35.3 Å². The van der Waals surface area contributed by atoms with Crippen LogP contribution in [0.1, 0.15) is 29.2 Å². The molecule has 2 aromatic heterocycles. The summed E-state index contributed by atoms with van der Waals surface area (Å²) in [4.78, 5) is 38.5. The molecule has 1 aliphatic rings. The van der Waals surface area contributed by atoms with Crippen molar-refractivity contribution in [3.05, 3.63) is 68.4 Å². The smallest absolute Gasteiger partial charge is 0.274 e. The lowest BCUT2D eigenvalue weighted by atomic mass is 10.2. The standard InChI is InChI=1S/C20H18Cl2N4O3/c21-14-7-8-16(22)24-18(14)20(28)26(10-12-4-3-9-29-12)11-17-23-15-6-2-1-5-13(15)19(27)25-17/h1-2,5-8,12H,3-4,9-11H2,(H,23,25,27)/t12-/m1/s1. The van der Waals surface area contributed by atoms with Gasteiger partial charge >= 0.3 is 0 Å². The number of nitrogens with one attached hydrogen (secondary N) is 1. The first-order valence-corrected chi connectivity index (χ1v) is 9.98. The number of aromatic nitrogens is 3. The summed E-state index contributed by atoms with van der Waals surface area (Å²) in [6.45, 7) is 1.08. The number of carbonyl (C=O) groups excluding carboxylic acids is 1. The topological polar surface area (TPSA) is 88.2 Å². The summed E-state index contributed by atoms with van der Waals surface area (Å²) in [5.41, 5.74) is 0.365. The highest BCUT2D eigenvalue weighted by atomic mass is 35.5. The van der Waals surface area contributed by atoms with E-state index in [0.717, 1.165) is 12.8 Å². The number of pyridine rings is 1. The Balaban J connectivity index is 1.68. The van der Waals surface area contributed by atoms with Crippen LogP contribution in [0.15, 0.2) is 41.2 Å². The molecule has 150 valence electrons. The number of benzene rings is 1. The minimum atomic E-state index is -0.399. The maximum Gasteiger partial charge on any atom is 0.274 e. The third kappa shape index (κ3) is 4.42. The van der Waals surface area contributed by atoms with E-state index in [4.69, 9.17) is 27.9 Å². The summed E-state index contributed by atoms with van der Waals surface area (Å²) in [7, 11) is 0. The summed E-state index contributed by atoms with van der Waals surface area (Å²) in [6.07, 6.45) is 1.69. The molecule has 1 amide bonds. The van der Waals surface area contributed by atoms with E-state index in [1.807, 2.05) is 6.07 Å². The van der Waals surface area contributed by atoms with Crippen LogP contribution in [0.3, 0.4) is 0 Å². The average molecular weight is 433 g/mol. The van der Waals surface area contributed by atoms with Gasteiger partial charge in [0, 0.05) is 13.2 Å². The average Bonchev–Trinajstić information content (AvgIpc) is 3.22. The Hall–Kier alpha value is -2.48. The van der Waals surface area contributed by atoms with Gasteiger partial charge in [0.1, 0.15) is 16.7 Å². The van der Waals surface area contributed by atoms with E-state index in [2.05, 4.69) is 15.0 Å². The van der Waals surface area contributed by atoms with Crippen LogP contribution < -0.4 is 5.56 Å². The quantitative estimate of drug-likeness (QED) is 0.623. The number of carbonyl (C=O) groups is 1. The van der Waals surface area contributed by atoms with Crippen LogP contribution >= 0.6 is 23.2 Å². The van der Waals surface area contributed by atoms with Gasteiger partial charge in [0.05, 0.1) is 28.6 Å². The number of fused-ring (bicyclic) bond motifs is 1. The van der Waals surface area contributed by atoms with Crippen molar-refractivity contribution in [3.63, 3.8) is 0 Å². The number of nitrogens with zero attached hydrogens (tertiary/aromatic N) is 3. The molecule has 0 unspecified atom stereocenters. The highest BCUT2D eigenvalue weighted by molar-refractivity contribution is 6.34. The SMILES string of the molecule is O=C(c1nc(Cl)ccc1Cl)N(Cc1nc2ccccc2c(=O)[nH]1)C[C@H]1CCCO1. The number of halogens is 2. The van der Waals surface area contributed by atoms with E-state index in [-0.39, 0.29) is 34.1 Å². The summed E-state index contributed by atoms with van der Waals surface area (Å²) in [5, 5.41) is 0.872. The molecule has 0 bridgehead atoms. The van der Waals surface area contributed by atoms with E-state index >= 15 is 0 Å². The molecule has 0 spiro atoms. The van der Waals surface area contributed by atoms with Gasteiger partial charge in [-0.25, -0.2) is 9.97 Å². The lowest BCUT2D eigenvalue weighted by Crippen LogP contribution is -2.38. The van der Waals surface area contributed by atoms with Gasteiger partial charge < -0.3 is 14.6 Å². The van der Waals surface area contributed by atoms with E-state index < -0.39 is 5.91 Å². The number of hydrogen-bond donors (Lipinski definition) is 1. The number of hydrogen-bond acceptors (Lipinski definition) is 5. The fraction of sp³-hybridized carbons (Fsp3) is 0.300. The predicted octanol–water partition coefficient (Wildman–Crippen LogP) is 3.45. The molecule has 4 rings (SSSR count). The number of H-pyrrole nitrogens is 1. The molecule has 29 heavy (non-hydrogen) atoms. The van der Waals surface area contributed by atoms with Crippen molar-refractivity contribution >= 4 is 40.0 Å². The van der Waals surface area contributed by atoms with Crippen LogP contribution in [0.5, 0.6) is 0 Å². The zero-order valence-corrected chi connectivity index (χ0v) is 16.9. The second-order valence-electron chi connectivity index (χ2n) is 6.81. The molecule has 1 saturated heterocycles. The van der Waals surface area contributed by atoms with Crippen molar-refractivity contribution in [2.24, 2.45) is 0 Å². The fourth-order valence-corrected chi connectivity index (χ4v) is 3.70. The first kappa shape index (κ1) is 19.8. The van der Waals surface area contributed by atoms with Crippen LogP contribution in [0.2, 0.25) is 10.2 Å². The Morgan fingerprint density at radius 3 is 2.83 bits per heavy atom. The molecular formula is C20H18Cl2N4O3. The molecule has 9 heteroatoms. The molecule has 3 heterocycles. The van der Waals surface area contributed by atoms with Crippen LogP contribution in [-0.2, 0) is 11.3 Å². The third-order valence-electron chi connectivity index (χ3n) is 4.75. The molecule has 1 N–H and O–H groups in total. The predicted molar refractivity (Wildman–Crippen MR) is 110 cm³/mol. The summed E-state index contributed by atoms with van der Waals surface area (Å²) >= 11 is 12.1. The highest BCUT2D eigenvalue weighted by Gasteiger charge is 2.26. The van der Waals surface area contributed by atoms with Gasteiger partial charge in [-0.05, 0) is 37.1 Å². The first-order chi connectivity index (χ1) is 14.0. The van der Waals surface area contributed by atoms with E-state index in [1.54, 1.807) is 18.2 Å². The summed E-state index contributed by atoms with van der Waals surface area (Å²) < 4.78 is 5.69. The minimum absolute atomic E-state index is 0.0558. The van der Waals surface area contributed by atoms with E-state index in [1.165, 1.54) is 17.0 Å². The van der Waals surface area contributed by atoms with Crippen molar-refractivity contribution in [2.45, 2.75) is 25.5 Å². The van der Waals surface area contributed by atoms with Crippen LogP contribution in [0.4, 0.5) is 0 Å². The van der Waals surface area contributed by atoms with Crippen molar-refractivity contribution in [2.75, 3.05) is 13.2 Å². The van der Waals surface area contributed by atoms with Crippen molar-refractivity contribution in [1.29, 1.82) is 0 Å². The zero-order chi connectivity index (χ0) is 20.4.